The number of benzene rings is 1. The maximum atomic E-state index is 12.3. The first-order valence-electron chi connectivity index (χ1n) is 9.15. The first kappa shape index (κ1) is 19.4. The minimum atomic E-state index is -0.0444. The van der Waals surface area contributed by atoms with Crippen LogP contribution in [0.3, 0.4) is 0 Å². The van der Waals surface area contributed by atoms with E-state index in [1.165, 1.54) is 16.7 Å². The van der Waals surface area contributed by atoms with Gasteiger partial charge in [-0.05, 0) is 31.2 Å². The SMILES string of the molecule is CN=C(NCCSc1ccc(C)cc1)N1CCN(C(=O)c2ccco2)CC1. The molecule has 7 heteroatoms. The van der Waals surface area contributed by atoms with Crippen molar-refractivity contribution in [2.24, 2.45) is 4.99 Å². The Morgan fingerprint density at radius 1 is 1.15 bits per heavy atom. The largest absolute Gasteiger partial charge is 0.459 e. The third-order valence-electron chi connectivity index (χ3n) is 4.49. The number of rotatable bonds is 5. The van der Waals surface area contributed by atoms with Crippen LogP contribution >= 0.6 is 11.8 Å². The summed E-state index contributed by atoms with van der Waals surface area (Å²) in [6.45, 7) is 5.80. The molecule has 1 amide bonds. The van der Waals surface area contributed by atoms with E-state index in [4.69, 9.17) is 4.42 Å². The van der Waals surface area contributed by atoms with E-state index in [-0.39, 0.29) is 5.91 Å². The molecule has 27 heavy (non-hydrogen) atoms. The van der Waals surface area contributed by atoms with E-state index >= 15 is 0 Å². The number of carbonyl (C=O) groups is 1. The standard InChI is InChI=1S/C20H26N4O2S/c1-16-5-7-17(8-6-16)27-15-9-22-20(21-2)24-12-10-23(11-13-24)19(25)18-4-3-14-26-18/h3-8,14H,9-13,15H2,1-2H3,(H,21,22). The third kappa shape index (κ3) is 5.29. The average molecular weight is 387 g/mol. The highest BCUT2D eigenvalue weighted by Crippen LogP contribution is 2.17. The fraction of sp³-hybridized carbons (Fsp3) is 0.400. The van der Waals surface area contributed by atoms with Crippen molar-refractivity contribution in [3.8, 4) is 0 Å². The van der Waals surface area contributed by atoms with E-state index in [1.807, 2.05) is 16.7 Å². The van der Waals surface area contributed by atoms with Crippen LogP contribution in [0.5, 0.6) is 0 Å². The third-order valence-corrected chi connectivity index (χ3v) is 5.50. The molecule has 6 nitrogen and oxygen atoms in total. The Labute approximate surface area is 164 Å². The lowest BCUT2D eigenvalue weighted by atomic mass is 10.2. The highest BCUT2D eigenvalue weighted by atomic mass is 32.2. The van der Waals surface area contributed by atoms with Crippen LogP contribution in [-0.4, -0.2) is 67.2 Å². The molecule has 1 fully saturated rings. The normalized spacial score (nSPS) is 15.1. The lowest BCUT2D eigenvalue weighted by Crippen LogP contribution is -2.54. The Hall–Kier alpha value is -2.41. The van der Waals surface area contributed by atoms with Gasteiger partial charge < -0.3 is 19.5 Å². The second kappa shape index (κ2) is 9.50. The molecule has 0 aliphatic carbocycles. The Bertz CT molecular complexity index is 751. The van der Waals surface area contributed by atoms with Crippen molar-refractivity contribution in [2.45, 2.75) is 11.8 Å². The highest BCUT2D eigenvalue weighted by molar-refractivity contribution is 7.99. The van der Waals surface area contributed by atoms with Gasteiger partial charge in [-0.15, -0.1) is 11.8 Å². The summed E-state index contributed by atoms with van der Waals surface area (Å²) in [5.41, 5.74) is 1.28. The summed E-state index contributed by atoms with van der Waals surface area (Å²) in [5, 5.41) is 3.43. The van der Waals surface area contributed by atoms with Crippen molar-refractivity contribution in [2.75, 3.05) is 45.5 Å². The maximum absolute atomic E-state index is 12.3. The molecule has 0 atom stereocenters. The van der Waals surface area contributed by atoms with Crippen LogP contribution in [0.15, 0.2) is 57.0 Å². The summed E-state index contributed by atoms with van der Waals surface area (Å²) in [5.74, 6) is 2.22. The number of thioether (sulfide) groups is 1. The van der Waals surface area contributed by atoms with E-state index in [0.717, 1.165) is 31.3 Å². The number of nitrogens with one attached hydrogen (secondary N) is 1. The topological polar surface area (TPSA) is 61.1 Å². The molecular weight excluding hydrogens is 360 g/mol. The van der Waals surface area contributed by atoms with E-state index < -0.39 is 0 Å². The molecule has 0 bridgehead atoms. The zero-order valence-electron chi connectivity index (χ0n) is 15.9. The van der Waals surface area contributed by atoms with E-state index in [9.17, 15) is 4.79 Å². The van der Waals surface area contributed by atoms with Crippen molar-refractivity contribution in [3.63, 3.8) is 0 Å². The molecule has 0 spiro atoms. The van der Waals surface area contributed by atoms with E-state index in [0.29, 0.717) is 18.8 Å². The Morgan fingerprint density at radius 3 is 2.48 bits per heavy atom. The molecule has 1 saturated heterocycles. The van der Waals surface area contributed by atoms with Gasteiger partial charge in [0.2, 0.25) is 0 Å². The molecule has 0 saturated carbocycles. The van der Waals surface area contributed by atoms with Crippen molar-refractivity contribution < 1.29 is 9.21 Å². The van der Waals surface area contributed by atoms with Gasteiger partial charge in [0.15, 0.2) is 11.7 Å². The molecular formula is C20H26N4O2S. The number of aryl methyl sites for hydroxylation is 1. The monoisotopic (exact) mass is 386 g/mol. The smallest absolute Gasteiger partial charge is 0.289 e. The number of hydrogen-bond donors (Lipinski definition) is 1. The first-order valence-corrected chi connectivity index (χ1v) is 10.1. The van der Waals surface area contributed by atoms with E-state index in [1.54, 1.807) is 19.2 Å². The number of hydrogen-bond acceptors (Lipinski definition) is 4. The first-order chi connectivity index (χ1) is 13.2. The zero-order valence-corrected chi connectivity index (χ0v) is 16.7. The molecule has 0 radical (unpaired) electrons. The van der Waals surface area contributed by atoms with Crippen LogP contribution in [0.25, 0.3) is 0 Å². The van der Waals surface area contributed by atoms with Crippen molar-refractivity contribution >= 4 is 23.6 Å². The second-order valence-corrected chi connectivity index (χ2v) is 7.56. The number of aliphatic imine (C=N–C) groups is 1. The highest BCUT2D eigenvalue weighted by Gasteiger charge is 2.24. The minimum Gasteiger partial charge on any atom is -0.459 e. The predicted octanol–water partition coefficient (Wildman–Crippen LogP) is 2.71. The number of guanidine groups is 1. The summed E-state index contributed by atoms with van der Waals surface area (Å²) in [4.78, 5) is 22.0. The van der Waals surface area contributed by atoms with Gasteiger partial charge in [0.1, 0.15) is 0 Å². The maximum Gasteiger partial charge on any atom is 0.289 e. The van der Waals surface area contributed by atoms with Gasteiger partial charge in [-0.1, -0.05) is 17.7 Å². The lowest BCUT2D eigenvalue weighted by molar-refractivity contribution is 0.0658. The van der Waals surface area contributed by atoms with Gasteiger partial charge >= 0.3 is 0 Å². The zero-order chi connectivity index (χ0) is 19.1. The van der Waals surface area contributed by atoms with Gasteiger partial charge in [0, 0.05) is 50.4 Å². The van der Waals surface area contributed by atoms with Gasteiger partial charge in [-0.3, -0.25) is 9.79 Å². The molecule has 0 unspecified atom stereocenters. The number of carbonyl (C=O) groups excluding carboxylic acids is 1. The van der Waals surface area contributed by atoms with Gasteiger partial charge in [0.05, 0.1) is 6.26 Å². The van der Waals surface area contributed by atoms with Gasteiger partial charge in [-0.2, -0.15) is 0 Å². The van der Waals surface area contributed by atoms with Crippen LogP contribution in [0.1, 0.15) is 16.1 Å². The van der Waals surface area contributed by atoms with Crippen LogP contribution in [0.4, 0.5) is 0 Å². The molecule has 1 aliphatic rings. The Morgan fingerprint density at radius 2 is 1.85 bits per heavy atom. The Balaban J connectivity index is 1.41. The van der Waals surface area contributed by atoms with Crippen molar-refractivity contribution in [1.29, 1.82) is 0 Å². The summed E-state index contributed by atoms with van der Waals surface area (Å²) >= 11 is 1.83. The minimum absolute atomic E-state index is 0.0444. The number of furan rings is 1. The molecule has 2 aromatic rings. The van der Waals surface area contributed by atoms with Crippen LogP contribution in [0, 0.1) is 6.92 Å². The van der Waals surface area contributed by atoms with E-state index in [2.05, 4.69) is 46.4 Å². The van der Waals surface area contributed by atoms with Crippen LogP contribution in [-0.2, 0) is 0 Å². The molecule has 3 rings (SSSR count). The number of piperazine rings is 1. The lowest BCUT2D eigenvalue weighted by Gasteiger charge is -2.36. The van der Waals surface area contributed by atoms with Crippen LogP contribution < -0.4 is 5.32 Å². The summed E-state index contributed by atoms with van der Waals surface area (Å²) in [7, 11) is 1.80. The second-order valence-electron chi connectivity index (χ2n) is 6.39. The summed E-state index contributed by atoms with van der Waals surface area (Å²) in [6.07, 6.45) is 1.53. The summed E-state index contributed by atoms with van der Waals surface area (Å²) in [6, 6.07) is 12.0. The summed E-state index contributed by atoms with van der Waals surface area (Å²) < 4.78 is 5.21. The fourth-order valence-electron chi connectivity index (χ4n) is 2.98. The number of nitrogens with zero attached hydrogens (tertiary/aromatic N) is 3. The molecule has 144 valence electrons. The van der Waals surface area contributed by atoms with Gasteiger partial charge in [-0.25, -0.2) is 0 Å². The fourth-order valence-corrected chi connectivity index (χ4v) is 3.74. The van der Waals surface area contributed by atoms with Gasteiger partial charge in [0.25, 0.3) is 5.91 Å². The predicted molar refractivity (Wildman–Crippen MR) is 109 cm³/mol. The van der Waals surface area contributed by atoms with Crippen molar-refractivity contribution in [1.82, 2.24) is 15.1 Å². The molecule has 1 aliphatic heterocycles. The van der Waals surface area contributed by atoms with Crippen LogP contribution in [0.2, 0.25) is 0 Å². The quantitative estimate of drug-likeness (QED) is 0.371. The molecule has 1 aromatic carbocycles. The average Bonchev–Trinajstić information content (AvgIpc) is 3.24. The number of amides is 1. The molecule has 2 heterocycles. The molecule has 1 aromatic heterocycles. The van der Waals surface area contributed by atoms with Crippen molar-refractivity contribution in [3.05, 3.63) is 54.0 Å². The molecule has 1 N–H and O–H groups in total. The Kier molecular flexibility index (Phi) is 6.81.